The number of rotatable bonds is 3. The lowest BCUT2D eigenvalue weighted by molar-refractivity contribution is 0.165. The highest BCUT2D eigenvalue weighted by atomic mass is 16.6. The zero-order valence-corrected chi connectivity index (χ0v) is 12.1. The molecule has 0 radical (unpaired) electrons. The van der Waals surface area contributed by atoms with Gasteiger partial charge in [-0.15, -0.1) is 0 Å². The SMILES string of the molecule is CC1(/C=C/C23OC2(C)CCCC3(C)C)CC1CO. The van der Waals surface area contributed by atoms with Crippen LogP contribution in [0.5, 0.6) is 0 Å². The van der Waals surface area contributed by atoms with E-state index in [0.717, 1.165) is 6.42 Å². The average Bonchev–Trinajstić information content (AvgIpc) is 3.11. The van der Waals surface area contributed by atoms with Crippen LogP contribution in [0, 0.1) is 16.7 Å². The summed E-state index contributed by atoms with van der Waals surface area (Å²) in [6.45, 7) is 9.49. The van der Waals surface area contributed by atoms with E-state index >= 15 is 0 Å². The highest BCUT2D eigenvalue weighted by Crippen LogP contribution is 2.66. The normalized spacial score (nSPS) is 53.3. The number of aliphatic hydroxyl groups is 1. The van der Waals surface area contributed by atoms with Gasteiger partial charge in [-0.1, -0.05) is 32.9 Å². The molecule has 0 spiro atoms. The van der Waals surface area contributed by atoms with Crippen LogP contribution in [0.1, 0.15) is 53.4 Å². The first-order valence-electron chi connectivity index (χ1n) is 7.30. The van der Waals surface area contributed by atoms with E-state index in [0.29, 0.717) is 12.5 Å². The van der Waals surface area contributed by atoms with Crippen molar-refractivity contribution < 1.29 is 9.84 Å². The quantitative estimate of drug-likeness (QED) is 0.616. The Bertz CT molecular complexity index is 400. The van der Waals surface area contributed by atoms with E-state index in [1.807, 2.05) is 0 Å². The van der Waals surface area contributed by atoms with Crippen LogP contribution >= 0.6 is 0 Å². The molecule has 2 heteroatoms. The van der Waals surface area contributed by atoms with Gasteiger partial charge in [-0.25, -0.2) is 0 Å². The smallest absolute Gasteiger partial charge is 0.121 e. The third-order valence-corrected chi connectivity index (χ3v) is 5.97. The summed E-state index contributed by atoms with van der Waals surface area (Å²) in [5.74, 6) is 0.460. The number of epoxide rings is 1. The zero-order chi connectivity index (χ0) is 13.2. The van der Waals surface area contributed by atoms with Crippen LogP contribution in [0.2, 0.25) is 0 Å². The van der Waals surface area contributed by atoms with Crippen molar-refractivity contribution in [3.8, 4) is 0 Å². The molecule has 1 N–H and O–H groups in total. The summed E-state index contributed by atoms with van der Waals surface area (Å²) in [5.41, 5.74) is 0.454. The molecule has 3 aliphatic rings. The fraction of sp³-hybridized carbons (Fsp3) is 0.875. The molecule has 4 atom stereocenters. The van der Waals surface area contributed by atoms with Crippen molar-refractivity contribution in [2.45, 2.75) is 64.6 Å². The van der Waals surface area contributed by atoms with E-state index in [1.54, 1.807) is 0 Å². The van der Waals surface area contributed by atoms with Crippen molar-refractivity contribution in [2.24, 2.45) is 16.7 Å². The Kier molecular flexibility index (Phi) is 2.40. The maximum Gasteiger partial charge on any atom is 0.121 e. The van der Waals surface area contributed by atoms with Crippen molar-refractivity contribution in [2.75, 3.05) is 6.61 Å². The maximum absolute atomic E-state index is 9.24. The van der Waals surface area contributed by atoms with Crippen LogP contribution in [0.4, 0.5) is 0 Å². The zero-order valence-electron chi connectivity index (χ0n) is 12.1. The lowest BCUT2D eigenvalue weighted by Crippen LogP contribution is -2.41. The molecule has 0 bridgehead atoms. The molecule has 18 heavy (non-hydrogen) atoms. The largest absolute Gasteiger partial charge is 0.396 e. The fourth-order valence-electron chi connectivity index (χ4n) is 4.17. The standard InChI is InChI=1S/C16H26O2/c1-13(2)6-5-7-15(4)16(13,18-15)9-8-14(3)10-12(14)11-17/h8-9,12,17H,5-7,10-11H2,1-4H3/b9-8+. The summed E-state index contributed by atoms with van der Waals surface area (Å²) in [6.07, 6.45) is 9.48. The molecule has 2 nitrogen and oxygen atoms in total. The third-order valence-electron chi connectivity index (χ3n) is 5.97. The van der Waals surface area contributed by atoms with E-state index in [2.05, 4.69) is 39.8 Å². The Morgan fingerprint density at radius 3 is 2.44 bits per heavy atom. The van der Waals surface area contributed by atoms with E-state index in [-0.39, 0.29) is 22.0 Å². The molecule has 0 aromatic rings. The monoisotopic (exact) mass is 250 g/mol. The number of hydrogen-bond acceptors (Lipinski definition) is 2. The molecular formula is C16H26O2. The van der Waals surface area contributed by atoms with Crippen molar-refractivity contribution in [1.29, 1.82) is 0 Å². The summed E-state index contributed by atoms with van der Waals surface area (Å²) in [4.78, 5) is 0. The Morgan fingerprint density at radius 1 is 1.17 bits per heavy atom. The topological polar surface area (TPSA) is 32.8 Å². The molecular weight excluding hydrogens is 224 g/mol. The van der Waals surface area contributed by atoms with Gasteiger partial charge in [0.25, 0.3) is 0 Å². The second kappa shape index (κ2) is 3.40. The molecule has 2 saturated carbocycles. The van der Waals surface area contributed by atoms with Crippen LogP contribution in [0.25, 0.3) is 0 Å². The molecule has 1 saturated heterocycles. The minimum Gasteiger partial charge on any atom is -0.396 e. The van der Waals surface area contributed by atoms with Gasteiger partial charge in [-0.05, 0) is 43.9 Å². The van der Waals surface area contributed by atoms with Crippen molar-refractivity contribution in [3.05, 3.63) is 12.2 Å². The first-order valence-corrected chi connectivity index (χ1v) is 7.30. The van der Waals surface area contributed by atoms with Crippen LogP contribution < -0.4 is 0 Å². The lowest BCUT2D eigenvalue weighted by Gasteiger charge is -2.36. The van der Waals surface area contributed by atoms with Crippen LogP contribution in [-0.2, 0) is 4.74 Å². The number of hydrogen-bond donors (Lipinski definition) is 1. The van der Waals surface area contributed by atoms with E-state index in [4.69, 9.17) is 4.74 Å². The molecule has 1 aliphatic heterocycles. The van der Waals surface area contributed by atoms with Gasteiger partial charge in [0, 0.05) is 12.0 Å². The minimum atomic E-state index is -0.0517. The molecule has 0 aromatic carbocycles. The Morgan fingerprint density at radius 2 is 1.89 bits per heavy atom. The second-order valence-electron chi connectivity index (χ2n) is 7.73. The minimum absolute atomic E-state index is 0.0517. The highest BCUT2D eigenvalue weighted by molar-refractivity contribution is 5.33. The van der Waals surface area contributed by atoms with Gasteiger partial charge in [0.15, 0.2) is 0 Å². The first kappa shape index (κ1) is 12.7. The molecule has 0 aromatic heterocycles. The van der Waals surface area contributed by atoms with Gasteiger partial charge < -0.3 is 9.84 Å². The summed E-state index contributed by atoms with van der Waals surface area (Å²) in [5, 5.41) is 9.24. The predicted molar refractivity (Wildman–Crippen MR) is 72.3 cm³/mol. The summed E-state index contributed by atoms with van der Waals surface area (Å²) < 4.78 is 6.21. The van der Waals surface area contributed by atoms with E-state index < -0.39 is 0 Å². The van der Waals surface area contributed by atoms with Crippen molar-refractivity contribution >= 4 is 0 Å². The average molecular weight is 250 g/mol. The molecule has 2 aliphatic carbocycles. The van der Waals surface area contributed by atoms with Gasteiger partial charge in [0.05, 0.1) is 5.60 Å². The molecule has 3 rings (SSSR count). The van der Waals surface area contributed by atoms with Gasteiger partial charge in [-0.2, -0.15) is 0 Å². The fourth-order valence-corrected chi connectivity index (χ4v) is 4.17. The van der Waals surface area contributed by atoms with E-state index in [9.17, 15) is 5.11 Å². The molecule has 1 heterocycles. The molecule has 4 unspecified atom stereocenters. The molecule has 102 valence electrons. The maximum atomic E-state index is 9.24. The van der Waals surface area contributed by atoms with Crippen molar-refractivity contribution in [1.82, 2.24) is 0 Å². The highest BCUT2D eigenvalue weighted by Gasteiger charge is 2.73. The van der Waals surface area contributed by atoms with Gasteiger partial charge >= 0.3 is 0 Å². The molecule has 0 amide bonds. The van der Waals surface area contributed by atoms with E-state index in [1.165, 1.54) is 19.3 Å². The number of allylic oxidation sites excluding steroid dienone is 1. The lowest BCUT2D eigenvalue weighted by atomic mass is 9.64. The van der Waals surface area contributed by atoms with Crippen LogP contribution in [0.3, 0.4) is 0 Å². The van der Waals surface area contributed by atoms with Crippen LogP contribution in [-0.4, -0.2) is 22.9 Å². The second-order valence-corrected chi connectivity index (χ2v) is 7.73. The number of aliphatic hydroxyl groups excluding tert-OH is 1. The van der Waals surface area contributed by atoms with Gasteiger partial charge in [0.1, 0.15) is 5.60 Å². The predicted octanol–water partition coefficient (Wildman–Crippen LogP) is 3.30. The third kappa shape index (κ3) is 1.48. The Balaban J connectivity index is 1.82. The first-order chi connectivity index (χ1) is 8.29. The molecule has 3 fully saturated rings. The summed E-state index contributed by atoms with van der Waals surface area (Å²) in [7, 11) is 0. The van der Waals surface area contributed by atoms with Gasteiger partial charge in [-0.3, -0.25) is 0 Å². The number of fused-ring (bicyclic) bond motifs is 1. The Hall–Kier alpha value is -0.340. The number of ether oxygens (including phenoxy) is 1. The van der Waals surface area contributed by atoms with Gasteiger partial charge in [0.2, 0.25) is 0 Å². The summed E-state index contributed by atoms with van der Waals surface area (Å²) in [6, 6.07) is 0. The Labute approximate surface area is 110 Å². The van der Waals surface area contributed by atoms with Crippen molar-refractivity contribution in [3.63, 3.8) is 0 Å². The summed E-state index contributed by atoms with van der Waals surface area (Å²) >= 11 is 0. The van der Waals surface area contributed by atoms with Crippen LogP contribution in [0.15, 0.2) is 12.2 Å².